The summed E-state index contributed by atoms with van der Waals surface area (Å²) in [6.45, 7) is 10.3. The molecule has 214 valence electrons. The highest BCUT2D eigenvalue weighted by Crippen LogP contribution is 2.29. The molecule has 3 heterocycles. The number of likely N-dealkylation sites (tertiary alicyclic amines) is 1. The number of hydrogen-bond acceptors (Lipinski definition) is 6. The van der Waals surface area contributed by atoms with Crippen LogP contribution >= 0.6 is 0 Å². The van der Waals surface area contributed by atoms with Crippen LogP contribution in [0.3, 0.4) is 0 Å². The smallest absolute Gasteiger partial charge is 0.270 e. The number of halogens is 1. The number of pyridine rings is 1. The number of rotatable bonds is 8. The molecule has 40 heavy (non-hydrogen) atoms. The summed E-state index contributed by atoms with van der Waals surface area (Å²) in [4.78, 5) is 24.3. The molecule has 1 fully saturated rings. The van der Waals surface area contributed by atoms with Crippen LogP contribution in [-0.2, 0) is 7.05 Å². The molecule has 0 spiro atoms. The maximum Gasteiger partial charge on any atom is 0.270 e. The molecule has 0 unspecified atom stereocenters. The number of nitrogens with one attached hydrogen (secondary N) is 2. The molecule has 9 heteroatoms. The Morgan fingerprint density at radius 1 is 1.05 bits per heavy atom. The topological polar surface area (TPSA) is 84.3 Å². The van der Waals surface area contributed by atoms with Crippen molar-refractivity contribution in [3.8, 4) is 11.5 Å². The van der Waals surface area contributed by atoms with E-state index in [1.165, 1.54) is 6.07 Å². The van der Waals surface area contributed by atoms with Gasteiger partial charge in [-0.1, -0.05) is 13.8 Å². The number of carbonyl (C=O) groups is 1. The molecule has 1 saturated heterocycles. The number of imidazole rings is 1. The fraction of sp³-hybridized carbons (Fsp3) is 0.387. The van der Waals surface area contributed by atoms with Crippen LogP contribution in [0.5, 0.6) is 11.5 Å². The van der Waals surface area contributed by atoms with Crippen molar-refractivity contribution < 1.29 is 16.8 Å². The van der Waals surface area contributed by atoms with Crippen molar-refractivity contribution in [3.63, 3.8) is 0 Å². The highest BCUT2D eigenvalue weighted by Gasteiger charge is 2.23. The van der Waals surface area contributed by atoms with Crippen molar-refractivity contribution in [2.24, 2.45) is 7.05 Å². The Morgan fingerprint density at radius 2 is 1.80 bits per heavy atom. The Balaban J connectivity index is 0.00000242. The van der Waals surface area contributed by atoms with Gasteiger partial charge in [0.1, 0.15) is 23.0 Å². The molecular formula is C31H41FN6O2. The average molecular weight is 549 g/mol. The molecular weight excluding hydrogens is 507 g/mol. The molecule has 4 aromatic rings. The van der Waals surface area contributed by atoms with E-state index >= 15 is 0 Å². The molecule has 0 atom stereocenters. The molecule has 0 saturated carbocycles. The van der Waals surface area contributed by atoms with Crippen LogP contribution in [0.4, 0.5) is 16.0 Å². The molecule has 5 rings (SSSR count). The van der Waals surface area contributed by atoms with Gasteiger partial charge in [-0.25, -0.2) is 9.37 Å². The third-order valence-corrected chi connectivity index (χ3v) is 7.52. The van der Waals surface area contributed by atoms with Gasteiger partial charge in [0.15, 0.2) is 0 Å². The lowest BCUT2D eigenvalue weighted by Crippen LogP contribution is -2.46. The number of anilines is 2. The van der Waals surface area contributed by atoms with Gasteiger partial charge in [-0.2, -0.15) is 0 Å². The maximum atomic E-state index is 14.2. The molecule has 0 radical (unpaired) electrons. The molecule has 2 N–H and O–H groups in total. The Labute approximate surface area is 237 Å². The predicted octanol–water partition coefficient (Wildman–Crippen LogP) is 6.86. The number of ether oxygens (including phenoxy) is 1. The van der Waals surface area contributed by atoms with Gasteiger partial charge < -0.3 is 24.8 Å². The Bertz CT molecular complexity index is 1520. The third-order valence-electron chi connectivity index (χ3n) is 7.52. The van der Waals surface area contributed by atoms with E-state index in [9.17, 15) is 9.18 Å². The van der Waals surface area contributed by atoms with Gasteiger partial charge in [0.25, 0.3) is 5.91 Å². The molecule has 0 aliphatic carbocycles. The van der Waals surface area contributed by atoms with E-state index in [4.69, 9.17) is 9.72 Å². The number of aromatic nitrogens is 3. The SMILES string of the molecule is CC(C)c1cc(Nc2nc3cc(Oc4ccnc(C(=O)NC5CCN(C(C)C)CC5)c4)ccc3n2C)ccc1F.[HH].[HH]. The zero-order chi connectivity index (χ0) is 28.4. The molecule has 1 aliphatic heterocycles. The van der Waals surface area contributed by atoms with E-state index in [1.54, 1.807) is 24.4 Å². The highest BCUT2D eigenvalue weighted by atomic mass is 19.1. The van der Waals surface area contributed by atoms with Gasteiger partial charge in [-0.15, -0.1) is 0 Å². The number of fused-ring (bicyclic) bond motifs is 1. The van der Waals surface area contributed by atoms with Crippen LogP contribution in [0.15, 0.2) is 54.7 Å². The quantitative estimate of drug-likeness (QED) is 0.250. The summed E-state index contributed by atoms with van der Waals surface area (Å²) in [6, 6.07) is 14.7. The lowest BCUT2D eigenvalue weighted by Gasteiger charge is -2.34. The van der Waals surface area contributed by atoms with Crippen LogP contribution in [0.1, 0.15) is 65.4 Å². The van der Waals surface area contributed by atoms with Crippen LogP contribution < -0.4 is 15.4 Å². The van der Waals surface area contributed by atoms with Gasteiger partial charge >= 0.3 is 0 Å². The first kappa shape index (κ1) is 27.6. The molecule has 8 nitrogen and oxygen atoms in total. The molecule has 0 bridgehead atoms. The van der Waals surface area contributed by atoms with Crippen LogP contribution in [0.25, 0.3) is 11.0 Å². The van der Waals surface area contributed by atoms with Crippen LogP contribution in [0, 0.1) is 5.82 Å². The summed E-state index contributed by atoms with van der Waals surface area (Å²) >= 11 is 0. The monoisotopic (exact) mass is 548 g/mol. The molecule has 2 aromatic carbocycles. The van der Waals surface area contributed by atoms with Crippen molar-refractivity contribution >= 4 is 28.6 Å². The zero-order valence-electron chi connectivity index (χ0n) is 23.7. The number of benzene rings is 2. The first-order valence-electron chi connectivity index (χ1n) is 13.9. The summed E-state index contributed by atoms with van der Waals surface area (Å²) in [6.07, 6.45) is 3.45. The standard InChI is InChI=1S/C31H37FN6O2.2H2/c1-19(2)25-16-22(6-8-26(25)32)35-31-36-27-17-23(7-9-29(27)37(31)5)40-24-10-13-33-28(18-24)30(39)34-21-11-14-38(15-12-21)20(3)4;;/h6-10,13,16-21H,11-12,14-15H2,1-5H3,(H,34,39)(H,35,36);2*1H. The molecule has 1 aliphatic rings. The number of nitrogens with zero attached hydrogens (tertiary/aromatic N) is 4. The second-order valence-electron chi connectivity index (χ2n) is 11.0. The second-order valence-corrected chi connectivity index (χ2v) is 11.0. The fourth-order valence-electron chi connectivity index (χ4n) is 5.10. The minimum Gasteiger partial charge on any atom is -0.457 e. The van der Waals surface area contributed by atoms with Crippen molar-refractivity contribution in [2.75, 3.05) is 18.4 Å². The normalized spacial score (nSPS) is 14.7. The van der Waals surface area contributed by atoms with Gasteiger partial charge in [0.05, 0.1) is 11.0 Å². The van der Waals surface area contributed by atoms with Crippen LogP contribution in [-0.4, -0.2) is 50.5 Å². The summed E-state index contributed by atoms with van der Waals surface area (Å²) < 4.78 is 22.2. The van der Waals surface area contributed by atoms with E-state index < -0.39 is 0 Å². The summed E-state index contributed by atoms with van der Waals surface area (Å²) in [5.41, 5.74) is 3.41. The summed E-state index contributed by atoms with van der Waals surface area (Å²) in [5, 5.41) is 6.43. The number of carbonyl (C=O) groups excluding carboxylic acids is 1. The fourth-order valence-corrected chi connectivity index (χ4v) is 5.10. The zero-order valence-corrected chi connectivity index (χ0v) is 23.7. The van der Waals surface area contributed by atoms with Gasteiger partial charge in [0, 0.05) is 59.1 Å². The van der Waals surface area contributed by atoms with Gasteiger partial charge in [0.2, 0.25) is 5.95 Å². The Hall–Kier alpha value is -3.98. The van der Waals surface area contributed by atoms with E-state index in [1.807, 2.05) is 49.7 Å². The van der Waals surface area contributed by atoms with Crippen molar-refractivity contribution in [3.05, 3.63) is 71.8 Å². The minimum absolute atomic E-state index is 0. The lowest BCUT2D eigenvalue weighted by molar-refractivity contribution is 0.0895. The lowest BCUT2D eigenvalue weighted by atomic mass is 10.0. The molecule has 2 aromatic heterocycles. The largest absolute Gasteiger partial charge is 0.457 e. The van der Waals surface area contributed by atoms with Crippen molar-refractivity contribution in [2.45, 2.75) is 58.5 Å². The number of piperidine rings is 1. The molecule has 1 amide bonds. The summed E-state index contributed by atoms with van der Waals surface area (Å²) in [7, 11) is 1.92. The third kappa shape index (κ3) is 6.09. The van der Waals surface area contributed by atoms with E-state index in [-0.39, 0.29) is 26.5 Å². The average Bonchev–Trinajstić information content (AvgIpc) is 3.24. The van der Waals surface area contributed by atoms with Crippen molar-refractivity contribution in [1.29, 1.82) is 0 Å². The van der Waals surface area contributed by atoms with Crippen molar-refractivity contribution in [1.82, 2.24) is 24.8 Å². The highest BCUT2D eigenvalue weighted by molar-refractivity contribution is 5.92. The number of aryl methyl sites for hydroxylation is 1. The number of hydrogen-bond donors (Lipinski definition) is 2. The second kappa shape index (κ2) is 11.6. The van der Waals surface area contributed by atoms with Gasteiger partial charge in [-0.3, -0.25) is 9.78 Å². The Morgan fingerprint density at radius 3 is 2.52 bits per heavy atom. The first-order chi connectivity index (χ1) is 19.2. The predicted molar refractivity (Wildman–Crippen MR) is 160 cm³/mol. The number of amides is 1. The Kier molecular flexibility index (Phi) is 8.02. The summed E-state index contributed by atoms with van der Waals surface area (Å²) in [5.74, 6) is 1.43. The minimum atomic E-state index is -0.212. The van der Waals surface area contributed by atoms with Crippen LogP contribution in [0.2, 0.25) is 0 Å². The van der Waals surface area contributed by atoms with E-state index in [2.05, 4.69) is 34.4 Å². The first-order valence-corrected chi connectivity index (χ1v) is 13.9. The van der Waals surface area contributed by atoms with E-state index in [0.29, 0.717) is 34.7 Å². The maximum absolute atomic E-state index is 14.2. The van der Waals surface area contributed by atoms with E-state index in [0.717, 1.165) is 42.7 Å². The van der Waals surface area contributed by atoms with Gasteiger partial charge in [-0.05, 0) is 74.6 Å².